The Kier molecular flexibility index (Phi) is 4.81. The van der Waals surface area contributed by atoms with Gasteiger partial charge in [0.2, 0.25) is 0 Å². The van der Waals surface area contributed by atoms with Gasteiger partial charge in [-0.1, -0.05) is 0 Å². The molecular formula is C9H14FN2O6P. The summed E-state index contributed by atoms with van der Waals surface area (Å²) in [5, 5.41) is 0. The molecule has 0 aliphatic carbocycles. The molecule has 0 bridgehead atoms. The SMILES string of the molecule is Cc1c[nH]c(=O)n(CC(C)OC(F)P(=O)(O)O)c1=O. The average molecular weight is 296 g/mol. The molecule has 2 atom stereocenters. The van der Waals surface area contributed by atoms with Crippen molar-refractivity contribution in [2.24, 2.45) is 0 Å². The van der Waals surface area contributed by atoms with Gasteiger partial charge in [-0.3, -0.25) is 13.9 Å². The molecule has 3 N–H and O–H groups in total. The van der Waals surface area contributed by atoms with Gasteiger partial charge in [0.15, 0.2) is 0 Å². The number of halogens is 1. The molecule has 1 heterocycles. The van der Waals surface area contributed by atoms with Gasteiger partial charge in [-0.25, -0.2) is 9.18 Å². The number of H-pyrrole nitrogens is 1. The standard InChI is InChI=1S/C9H14FN2O6P/c1-5-3-11-9(14)12(7(5)13)4-6(2)18-8(10)19(15,16)17/h3,6,8H,4H2,1-2H3,(H,11,14)(H2,15,16,17). The second-order valence-corrected chi connectivity index (χ2v) is 5.60. The van der Waals surface area contributed by atoms with Crippen molar-refractivity contribution in [3.8, 4) is 0 Å². The van der Waals surface area contributed by atoms with Crippen molar-refractivity contribution in [3.63, 3.8) is 0 Å². The minimum atomic E-state index is -5.01. The van der Waals surface area contributed by atoms with Crippen LogP contribution >= 0.6 is 7.60 Å². The summed E-state index contributed by atoms with van der Waals surface area (Å²) in [5.41, 5.74) is -1.01. The van der Waals surface area contributed by atoms with Gasteiger partial charge in [0.1, 0.15) is 0 Å². The zero-order valence-corrected chi connectivity index (χ0v) is 11.1. The Balaban J connectivity index is 2.87. The van der Waals surface area contributed by atoms with Crippen molar-refractivity contribution in [1.82, 2.24) is 9.55 Å². The molecule has 1 rings (SSSR count). The van der Waals surface area contributed by atoms with Gasteiger partial charge in [-0.05, 0) is 13.8 Å². The van der Waals surface area contributed by atoms with E-state index in [2.05, 4.69) is 9.72 Å². The van der Waals surface area contributed by atoms with Crippen molar-refractivity contribution in [2.75, 3.05) is 0 Å². The van der Waals surface area contributed by atoms with E-state index in [1.54, 1.807) is 0 Å². The number of aromatic amines is 1. The lowest BCUT2D eigenvalue weighted by atomic mass is 10.3. The molecule has 0 aromatic carbocycles. The first kappa shape index (κ1) is 15.8. The first-order valence-corrected chi connectivity index (χ1v) is 6.95. The van der Waals surface area contributed by atoms with Crippen LogP contribution in [0.1, 0.15) is 12.5 Å². The summed E-state index contributed by atoms with van der Waals surface area (Å²) in [5.74, 6) is 0. The molecule has 0 spiro atoms. The number of hydrogen-bond acceptors (Lipinski definition) is 4. The fraction of sp³-hybridized carbons (Fsp3) is 0.556. The fourth-order valence-electron chi connectivity index (χ4n) is 1.35. The summed E-state index contributed by atoms with van der Waals surface area (Å²) in [6.45, 7) is 2.45. The Morgan fingerprint density at radius 2 is 2.11 bits per heavy atom. The van der Waals surface area contributed by atoms with Gasteiger partial charge in [0.25, 0.3) is 5.56 Å². The smallest absolute Gasteiger partial charge is 0.334 e. The van der Waals surface area contributed by atoms with E-state index in [9.17, 15) is 18.5 Å². The largest absolute Gasteiger partial charge is 0.386 e. The molecule has 0 radical (unpaired) electrons. The van der Waals surface area contributed by atoms with Gasteiger partial charge in [-0.2, -0.15) is 0 Å². The maximum Gasteiger partial charge on any atom is 0.386 e. The van der Waals surface area contributed by atoms with Crippen LogP contribution in [0.4, 0.5) is 4.39 Å². The summed E-state index contributed by atoms with van der Waals surface area (Å²) in [7, 11) is -5.01. The predicted octanol–water partition coefficient (Wildman–Crippen LogP) is -0.319. The maximum absolute atomic E-state index is 13.0. The number of nitrogens with zero attached hydrogens (tertiary/aromatic N) is 1. The van der Waals surface area contributed by atoms with Crippen LogP contribution in [0, 0.1) is 6.92 Å². The Hall–Kier alpha value is -1.28. The minimum absolute atomic E-state index is 0.276. The lowest BCUT2D eigenvalue weighted by Gasteiger charge is -2.17. The van der Waals surface area contributed by atoms with Gasteiger partial charge in [-0.15, -0.1) is 0 Å². The Morgan fingerprint density at radius 1 is 1.53 bits per heavy atom. The first-order chi connectivity index (χ1) is 8.62. The molecule has 0 saturated carbocycles. The first-order valence-electron chi connectivity index (χ1n) is 5.27. The van der Waals surface area contributed by atoms with E-state index in [-0.39, 0.29) is 12.1 Å². The third kappa shape index (κ3) is 4.10. The van der Waals surface area contributed by atoms with Crippen LogP contribution in [0.15, 0.2) is 15.8 Å². The zero-order chi connectivity index (χ0) is 14.8. The van der Waals surface area contributed by atoms with Crippen LogP contribution in [-0.4, -0.2) is 31.5 Å². The van der Waals surface area contributed by atoms with E-state index in [4.69, 9.17) is 9.79 Å². The predicted molar refractivity (Wildman–Crippen MR) is 63.5 cm³/mol. The quantitative estimate of drug-likeness (QED) is 0.640. The van der Waals surface area contributed by atoms with Gasteiger partial charge >= 0.3 is 19.4 Å². The van der Waals surface area contributed by atoms with E-state index >= 15 is 0 Å². The maximum atomic E-state index is 13.0. The second-order valence-electron chi connectivity index (χ2n) is 4.02. The summed E-state index contributed by atoms with van der Waals surface area (Å²) in [6, 6.07) is 0. The molecule has 0 saturated heterocycles. The average Bonchev–Trinajstić information content (AvgIpc) is 2.28. The molecule has 8 nitrogen and oxygen atoms in total. The highest BCUT2D eigenvalue weighted by atomic mass is 31.2. The van der Waals surface area contributed by atoms with Crippen molar-refractivity contribution in [1.29, 1.82) is 0 Å². The summed E-state index contributed by atoms with van der Waals surface area (Å²) >= 11 is 0. The number of hydrogen-bond donors (Lipinski definition) is 3. The molecule has 2 unspecified atom stereocenters. The number of ether oxygens (including phenoxy) is 1. The highest BCUT2D eigenvalue weighted by molar-refractivity contribution is 7.52. The number of rotatable bonds is 5. The van der Waals surface area contributed by atoms with Crippen LogP contribution < -0.4 is 11.2 Å². The number of aryl methyl sites for hydroxylation is 1. The Labute approximate surface area is 107 Å². The van der Waals surface area contributed by atoms with Gasteiger partial charge < -0.3 is 19.5 Å². The lowest BCUT2D eigenvalue weighted by molar-refractivity contribution is -0.0473. The summed E-state index contributed by atoms with van der Waals surface area (Å²) in [6.07, 6.45) is -2.62. The Morgan fingerprint density at radius 3 is 2.63 bits per heavy atom. The van der Waals surface area contributed by atoms with E-state index in [0.29, 0.717) is 0 Å². The molecule has 0 aliphatic rings. The van der Waals surface area contributed by atoms with Crippen molar-refractivity contribution in [3.05, 3.63) is 32.6 Å². The molecular weight excluding hydrogens is 282 g/mol. The molecule has 19 heavy (non-hydrogen) atoms. The molecule has 0 amide bonds. The normalized spacial score (nSPS) is 15.2. The Bertz CT molecular complexity index is 605. The second kappa shape index (κ2) is 5.79. The van der Waals surface area contributed by atoms with Crippen molar-refractivity contribution in [2.45, 2.75) is 32.6 Å². The van der Waals surface area contributed by atoms with E-state index in [0.717, 1.165) is 4.57 Å². The molecule has 10 heteroatoms. The monoisotopic (exact) mass is 296 g/mol. The summed E-state index contributed by atoms with van der Waals surface area (Å²) in [4.78, 5) is 42.4. The van der Waals surface area contributed by atoms with Gasteiger partial charge in [0.05, 0.1) is 12.6 Å². The van der Waals surface area contributed by atoms with Crippen LogP contribution in [-0.2, 0) is 15.8 Å². The molecule has 0 fully saturated rings. The van der Waals surface area contributed by atoms with Gasteiger partial charge in [0, 0.05) is 11.8 Å². The van der Waals surface area contributed by atoms with E-state index < -0.39 is 31.0 Å². The lowest BCUT2D eigenvalue weighted by Crippen LogP contribution is -2.39. The highest BCUT2D eigenvalue weighted by Crippen LogP contribution is 2.43. The van der Waals surface area contributed by atoms with Crippen molar-refractivity contribution < 1.29 is 23.5 Å². The summed E-state index contributed by atoms with van der Waals surface area (Å²) < 4.78 is 28.7. The van der Waals surface area contributed by atoms with Crippen LogP contribution in [0.3, 0.4) is 0 Å². The molecule has 1 aromatic rings. The highest BCUT2D eigenvalue weighted by Gasteiger charge is 2.31. The third-order valence-corrected chi connectivity index (χ3v) is 2.94. The number of alkyl halides is 1. The van der Waals surface area contributed by atoms with E-state index in [1.807, 2.05) is 0 Å². The molecule has 1 aromatic heterocycles. The van der Waals surface area contributed by atoms with E-state index in [1.165, 1.54) is 20.0 Å². The number of aromatic nitrogens is 2. The van der Waals surface area contributed by atoms with Crippen molar-refractivity contribution >= 4 is 7.60 Å². The molecule has 108 valence electrons. The fourth-order valence-corrected chi connectivity index (χ4v) is 1.72. The minimum Gasteiger partial charge on any atom is -0.334 e. The van der Waals surface area contributed by atoms with Crippen LogP contribution in [0.5, 0.6) is 0 Å². The van der Waals surface area contributed by atoms with Crippen LogP contribution in [0.2, 0.25) is 0 Å². The number of nitrogens with one attached hydrogen (secondary N) is 1. The topological polar surface area (TPSA) is 122 Å². The zero-order valence-electron chi connectivity index (χ0n) is 10.2. The third-order valence-electron chi connectivity index (χ3n) is 2.29. The van der Waals surface area contributed by atoms with Crippen LogP contribution in [0.25, 0.3) is 0 Å². The molecule has 0 aliphatic heterocycles.